The highest BCUT2D eigenvalue weighted by Gasteiger charge is 2.06. The summed E-state index contributed by atoms with van der Waals surface area (Å²) in [6.07, 6.45) is 1.66. The second kappa shape index (κ2) is 4.68. The number of nitrogens with zero attached hydrogens (tertiary/aromatic N) is 2. The molecule has 0 aliphatic heterocycles. The molecule has 3 heteroatoms. The second-order valence-corrected chi connectivity index (χ2v) is 3.31. The monoisotopic (exact) mass is 178 g/mol. The molecule has 1 rings (SSSR count). The SMILES string of the molecule is CC(C#N)CN(C)Cc1ccco1. The zero-order valence-electron chi connectivity index (χ0n) is 8.03. The largest absolute Gasteiger partial charge is 0.468 e. The summed E-state index contributed by atoms with van der Waals surface area (Å²) >= 11 is 0. The van der Waals surface area contributed by atoms with E-state index >= 15 is 0 Å². The van der Waals surface area contributed by atoms with Gasteiger partial charge in [-0.15, -0.1) is 0 Å². The van der Waals surface area contributed by atoms with E-state index in [0.29, 0.717) is 0 Å². The van der Waals surface area contributed by atoms with E-state index in [0.717, 1.165) is 18.8 Å². The van der Waals surface area contributed by atoms with Gasteiger partial charge in [0.1, 0.15) is 5.76 Å². The van der Waals surface area contributed by atoms with Crippen molar-refractivity contribution < 1.29 is 4.42 Å². The Labute approximate surface area is 78.6 Å². The molecule has 70 valence electrons. The molecule has 3 nitrogen and oxygen atoms in total. The van der Waals surface area contributed by atoms with E-state index in [4.69, 9.17) is 9.68 Å². The van der Waals surface area contributed by atoms with Crippen molar-refractivity contribution in [2.45, 2.75) is 13.5 Å². The lowest BCUT2D eigenvalue weighted by Gasteiger charge is -2.15. The lowest BCUT2D eigenvalue weighted by molar-refractivity contribution is 0.276. The van der Waals surface area contributed by atoms with Crippen LogP contribution in [0.25, 0.3) is 0 Å². The summed E-state index contributed by atoms with van der Waals surface area (Å²) in [6.45, 7) is 3.45. The Hall–Kier alpha value is -1.27. The van der Waals surface area contributed by atoms with Crippen LogP contribution in [0.15, 0.2) is 22.8 Å². The molecular weight excluding hydrogens is 164 g/mol. The van der Waals surface area contributed by atoms with Crippen molar-refractivity contribution >= 4 is 0 Å². The molecule has 0 saturated carbocycles. The van der Waals surface area contributed by atoms with Crippen molar-refractivity contribution in [3.63, 3.8) is 0 Å². The summed E-state index contributed by atoms with van der Waals surface area (Å²) < 4.78 is 5.19. The van der Waals surface area contributed by atoms with Gasteiger partial charge in [0.05, 0.1) is 24.8 Å². The number of hydrogen-bond acceptors (Lipinski definition) is 3. The Morgan fingerprint density at radius 3 is 3.00 bits per heavy atom. The smallest absolute Gasteiger partial charge is 0.117 e. The van der Waals surface area contributed by atoms with E-state index in [1.54, 1.807) is 6.26 Å². The van der Waals surface area contributed by atoms with Crippen molar-refractivity contribution in [3.05, 3.63) is 24.2 Å². The van der Waals surface area contributed by atoms with Gasteiger partial charge in [-0.25, -0.2) is 0 Å². The number of hydrogen-bond donors (Lipinski definition) is 0. The fraction of sp³-hybridized carbons (Fsp3) is 0.500. The third-order valence-corrected chi connectivity index (χ3v) is 1.81. The molecule has 1 unspecified atom stereocenters. The molecule has 1 heterocycles. The zero-order chi connectivity index (χ0) is 9.68. The minimum Gasteiger partial charge on any atom is -0.468 e. The van der Waals surface area contributed by atoms with Crippen molar-refractivity contribution in [2.24, 2.45) is 5.92 Å². The Bertz CT molecular complexity index is 274. The first-order valence-corrected chi connectivity index (χ1v) is 4.33. The average Bonchev–Trinajstić information content (AvgIpc) is 2.56. The maximum atomic E-state index is 8.61. The Balaban J connectivity index is 2.34. The van der Waals surface area contributed by atoms with Crippen LogP contribution in [-0.4, -0.2) is 18.5 Å². The van der Waals surface area contributed by atoms with Gasteiger partial charge in [0.15, 0.2) is 0 Å². The van der Waals surface area contributed by atoms with Gasteiger partial charge in [0, 0.05) is 6.54 Å². The quantitative estimate of drug-likeness (QED) is 0.706. The summed E-state index contributed by atoms with van der Waals surface area (Å²) in [6, 6.07) is 6.01. The van der Waals surface area contributed by atoms with Gasteiger partial charge in [-0.1, -0.05) is 0 Å². The minimum absolute atomic E-state index is 0.0694. The van der Waals surface area contributed by atoms with E-state index in [1.165, 1.54) is 0 Å². The van der Waals surface area contributed by atoms with Crippen LogP contribution in [0.5, 0.6) is 0 Å². The summed E-state index contributed by atoms with van der Waals surface area (Å²) in [7, 11) is 1.98. The number of furan rings is 1. The predicted octanol–water partition coefficient (Wildman–Crippen LogP) is 1.87. The molecule has 0 saturated heterocycles. The third kappa shape index (κ3) is 3.30. The molecule has 1 atom stereocenters. The van der Waals surface area contributed by atoms with Gasteiger partial charge >= 0.3 is 0 Å². The van der Waals surface area contributed by atoms with Crippen LogP contribution in [0.3, 0.4) is 0 Å². The molecule has 1 aromatic heterocycles. The van der Waals surface area contributed by atoms with Crippen LogP contribution < -0.4 is 0 Å². The summed E-state index contributed by atoms with van der Waals surface area (Å²) in [5.74, 6) is 1.01. The molecule has 0 bridgehead atoms. The van der Waals surface area contributed by atoms with E-state index in [1.807, 2.05) is 26.1 Å². The Morgan fingerprint density at radius 2 is 2.46 bits per heavy atom. The molecule has 1 aromatic rings. The highest BCUT2D eigenvalue weighted by atomic mass is 16.3. The van der Waals surface area contributed by atoms with E-state index in [2.05, 4.69) is 11.0 Å². The standard InChI is InChI=1S/C10H14N2O/c1-9(6-11)7-12(2)8-10-4-3-5-13-10/h3-5,9H,7-8H2,1-2H3. The lowest BCUT2D eigenvalue weighted by Crippen LogP contribution is -2.22. The topological polar surface area (TPSA) is 40.2 Å². The number of nitriles is 1. The summed E-state index contributed by atoms with van der Waals surface area (Å²) in [4.78, 5) is 2.08. The molecule has 0 amide bonds. The maximum absolute atomic E-state index is 8.61. The van der Waals surface area contributed by atoms with Gasteiger partial charge in [-0.2, -0.15) is 5.26 Å². The molecule has 0 aliphatic rings. The van der Waals surface area contributed by atoms with Crippen molar-refractivity contribution in [2.75, 3.05) is 13.6 Å². The highest BCUT2D eigenvalue weighted by Crippen LogP contribution is 2.05. The molecule has 0 N–H and O–H groups in total. The number of rotatable bonds is 4. The third-order valence-electron chi connectivity index (χ3n) is 1.81. The van der Waals surface area contributed by atoms with Crippen LogP contribution in [0.4, 0.5) is 0 Å². The van der Waals surface area contributed by atoms with E-state index < -0.39 is 0 Å². The normalized spacial score (nSPS) is 12.8. The van der Waals surface area contributed by atoms with Crippen LogP contribution in [-0.2, 0) is 6.54 Å². The fourth-order valence-electron chi connectivity index (χ4n) is 1.24. The molecule has 0 aliphatic carbocycles. The molecule has 13 heavy (non-hydrogen) atoms. The molecule has 0 spiro atoms. The summed E-state index contributed by atoms with van der Waals surface area (Å²) in [5.41, 5.74) is 0. The van der Waals surface area contributed by atoms with Gasteiger partial charge in [0.25, 0.3) is 0 Å². The highest BCUT2D eigenvalue weighted by molar-refractivity contribution is 4.97. The second-order valence-electron chi connectivity index (χ2n) is 3.31. The zero-order valence-corrected chi connectivity index (χ0v) is 8.03. The van der Waals surface area contributed by atoms with Crippen LogP contribution in [0.2, 0.25) is 0 Å². The summed E-state index contributed by atoms with van der Waals surface area (Å²) in [5, 5.41) is 8.61. The molecular formula is C10H14N2O. The lowest BCUT2D eigenvalue weighted by atomic mass is 10.2. The minimum atomic E-state index is 0.0694. The van der Waals surface area contributed by atoms with Crippen molar-refractivity contribution in [1.82, 2.24) is 4.90 Å². The first-order chi connectivity index (χ1) is 6.22. The van der Waals surface area contributed by atoms with Gasteiger partial charge in [-0.3, -0.25) is 4.90 Å². The Morgan fingerprint density at radius 1 is 1.69 bits per heavy atom. The first-order valence-electron chi connectivity index (χ1n) is 4.33. The molecule has 0 aromatic carbocycles. The van der Waals surface area contributed by atoms with Gasteiger partial charge < -0.3 is 4.42 Å². The van der Waals surface area contributed by atoms with Gasteiger partial charge in [0.2, 0.25) is 0 Å². The van der Waals surface area contributed by atoms with Crippen LogP contribution in [0, 0.1) is 17.2 Å². The van der Waals surface area contributed by atoms with Crippen LogP contribution >= 0.6 is 0 Å². The van der Waals surface area contributed by atoms with E-state index in [9.17, 15) is 0 Å². The average molecular weight is 178 g/mol. The molecule has 0 fully saturated rings. The molecule has 0 radical (unpaired) electrons. The van der Waals surface area contributed by atoms with Crippen molar-refractivity contribution in [1.29, 1.82) is 5.26 Å². The fourth-order valence-corrected chi connectivity index (χ4v) is 1.24. The first kappa shape index (κ1) is 9.82. The maximum Gasteiger partial charge on any atom is 0.117 e. The van der Waals surface area contributed by atoms with E-state index in [-0.39, 0.29) is 5.92 Å². The van der Waals surface area contributed by atoms with Crippen LogP contribution in [0.1, 0.15) is 12.7 Å². The van der Waals surface area contributed by atoms with Crippen molar-refractivity contribution in [3.8, 4) is 6.07 Å². The Kier molecular flexibility index (Phi) is 3.53. The van der Waals surface area contributed by atoms with Gasteiger partial charge in [-0.05, 0) is 26.1 Å². The predicted molar refractivity (Wildman–Crippen MR) is 49.8 cm³/mol.